The van der Waals surface area contributed by atoms with E-state index in [9.17, 15) is 9.59 Å². The predicted octanol–water partition coefficient (Wildman–Crippen LogP) is 2.82. The normalized spacial score (nSPS) is 16.5. The van der Waals surface area contributed by atoms with E-state index in [1.165, 1.54) is 11.3 Å². The van der Waals surface area contributed by atoms with Crippen molar-refractivity contribution < 1.29 is 14.7 Å². The van der Waals surface area contributed by atoms with Gasteiger partial charge in [-0.3, -0.25) is 14.9 Å². The Bertz CT molecular complexity index is 706. The molecule has 3 rings (SSSR count). The minimum atomic E-state index is -0.851. The highest BCUT2D eigenvalue weighted by Gasteiger charge is 2.32. The van der Waals surface area contributed by atoms with Crippen molar-refractivity contribution >= 4 is 28.3 Å². The number of hydrogen-bond acceptors (Lipinski definition) is 4. The first-order chi connectivity index (χ1) is 10.0. The number of rotatable bonds is 3. The summed E-state index contributed by atoms with van der Waals surface area (Å²) < 4.78 is 0. The van der Waals surface area contributed by atoms with Crippen molar-refractivity contribution in [1.29, 1.82) is 0 Å². The summed E-state index contributed by atoms with van der Waals surface area (Å²) in [6, 6.07) is 7.26. The number of aromatic nitrogens is 1. The number of carbonyl (C=O) groups is 2. The van der Waals surface area contributed by atoms with Gasteiger partial charge in [0.15, 0.2) is 5.13 Å². The summed E-state index contributed by atoms with van der Waals surface area (Å²) in [7, 11) is 0. The highest BCUT2D eigenvalue weighted by molar-refractivity contribution is 7.16. The van der Waals surface area contributed by atoms with E-state index in [0.717, 1.165) is 10.4 Å². The highest BCUT2D eigenvalue weighted by atomic mass is 32.1. The van der Waals surface area contributed by atoms with Crippen LogP contribution in [0, 0.1) is 6.92 Å². The van der Waals surface area contributed by atoms with Crippen LogP contribution in [0.2, 0.25) is 0 Å². The van der Waals surface area contributed by atoms with Gasteiger partial charge in [0.1, 0.15) is 5.92 Å². The molecule has 1 atom stereocenters. The number of amides is 1. The number of aliphatic carboxylic acids is 1. The maximum absolute atomic E-state index is 12.1. The SMILES string of the molecule is Cc1ccc(C(=O)Nc2nc3c(s2)CCC3C(=O)O)cc1. The number of fused-ring (bicyclic) bond motifs is 1. The van der Waals surface area contributed by atoms with E-state index in [1.807, 2.05) is 19.1 Å². The molecule has 1 heterocycles. The summed E-state index contributed by atoms with van der Waals surface area (Å²) >= 11 is 1.36. The quantitative estimate of drug-likeness (QED) is 0.913. The van der Waals surface area contributed by atoms with Crippen molar-refractivity contribution in [3.05, 3.63) is 46.0 Å². The van der Waals surface area contributed by atoms with E-state index in [-0.39, 0.29) is 5.91 Å². The molecule has 0 fully saturated rings. The molecule has 0 saturated carbocycles. The van der Waals surface area contributed by atoms with Gasteiger partial charge in [0.2, 0.25) is 0 Å². The topological polar surface area (TPSA) is 79.3 Å². The predicted molar refractivity (Wildman–Crippen MR) is 79.9 cm³/mol. The smallest absolute Gasteiger partial charge is 0.312 e. The fourth-order valence-corrected chi connectivity index (χ4v) is 3.43. The van der Waals surface area contributed by atoms with Crippen LogP contribution in [0.25, 0.3) is 0 Å². The molecule has 108 valence electrons. The summed E-state index contributed by atoms with van der Waals surface area (Å²) in [5, 5.41) is 12.3. The summed E-state index contributed by atoms with van der Waals surface area (Å²) in [5.74, 6) is -1.62. The molecule has 1 aromatic carbocycles. The zero-order chi connectivity index (χ0) is 15.0. The zero-order valence-corrected chi connectivity index (χ0v) is 12.2. The third kappa shape index (κ3) is 2.67. The van der Waals surface area contributed by atoms with E-state index >= 15 is 0 Å². The molecule has 0 saturated heterocycles. The van der Waals surface area contributed by atoms with E-state index in [0.29, 0.717) is 29.2 Å². The van der Waals surface area contributed by atoms with Gasteiger partial charge in [-0.05, 0) is 31.9 Å². The Morgan fingerprint density at radius 1 is 1.33 bits per heavy atom. The first-order valence-electron chi connectivity index (χ1n) is 6.65. The van der Waals surface area contributed by atoms with Crippen molar-refractivity contribution in [2.75, 3.05) is 5.32 Å². The molecule has 0 aliphatic heterocycles. The fraction of sp³-hybridized carbons (Fsp3) is 0.267. The van der Waals surface area contributed by atoms with Crippen molar-refractivity contribution in [2.24, 2.45) is 0 Å². The number of carboxylic acid groups (broad SMARTS) is 1. The summed E-state index contributed by atoms with van der Waals surface area (Å²) in [6.45, 7) is 1.96. The molecule has 1 amide bonds. The van der Waals surface area contributed by atoms with Gasteiger partial charge in [-0.15, -0.1) is 11.3 Å². The average molecular weight is 302 g/mol. The molecule has 0 radical (unpaired) electrons. The van der Waals surface area contributed by atoms with Gasteiger partial charge in [0, 0.05) is 10.4 Å². The molecule has 2 N–H and O–H groups in total. The monoisotopic (exact) mass is 302 g/mol. The number of anilines is 1. The number of carbonyl (C=O) groups excluding carboxylic acids is 1. The molecular weight excluding hydrogens is 288 g/mol. The average Bonchev–Trinajstić information content (AvgIpc) is 2.98. The van der Waals surface area contributed by atoms with E-state index in [1.54, 1.807) is 12.1 Å². The Kier molecular flexibility index (Phi) is 3.47. The van der Waals surface area contributed by atoms with Gasteiger partial charge in [-0.2, -0.15) is 0 Å². The molecule has 6 heteroatoms. The van der Waals surface area contributed by atoms with Crippen LogP contribution in [-0.2, 0) is 11.2 Å². The van der Waals surface area contributed by atoms with Crippen molar-refractivity contribution in [2.45, 2.75) is 25.7 Å². The number of hydrogen-bond donors (Lipinski definition) is 2. The second-order valence-electron chi connectivity index (χ2n) is 5.08. The summed E-state index contributed by atoms with van der Waals surface area (Å²) in [5.41, 5.74) is 2.25. The first kappa shape index (κ1) is 13.8. The van der Waals surface area contributed by atoms with Crippen LogP contribution < -0.4 is 5.32 Å². The zero-order valence-electron chi connectivity index (χ0n) is 11.4. The van der Waals surface area contributed by atoms with Crippen LogP contribution in [0.5, 0.6) is 0 Å². The second kappa shape index (κ2) is 5.29. The van der Waals surface area contributed by atoms with Crippen LogP contribution in [0.15, 0.2) is 24.3 Å². The van der Waals surface area contributed by atoms with Gasteiger partial charge < -0.3 is 5.11 Å². The molecular formula is C15H14N2O3S. The maximum Gasteiger partial charge on any atom is 0.312 e. The second-order valence-corrected chi connectivity index (χ2v) is 6.16. The van der Waals surface area contributed by atoms with Gasteiger partial charge in [0.05, 0.1) is 5.69 Å². The number of aryl methyl sites for hydroxylation is 2. The highest BCUT2D eigenvalue weighted by Crippen LogP contribution is 2.38. The van der Waals surface area contributed by atoms with Crippen LogP contribution in [0.4, 0.5) is 5.13 Å². The molecule has 1 aromatic heterocycles. The lowest BCUT2D eigenvalue weighted by Gasteiger charge is -2.03. The minimum Gasteiger partial charge on any atom is -0.481 e. The van der Waals surface area contributed by atoms with Gasteiger partial charge in [-0.1, -0.05) is 17.7 Å². The van der Waals surface area contributed by atoms with Gasteiger partial charge >= 0.3 is 5.97 Å². The Morgan fingerprint density at radius 3 is 2.71 bits per heavy atom. The summed E-state index contributed by atoms with van der Waals surface area (Å²) in [6.07, 6.45) is 1.31. The Labute approximate surface area is 125 Å². The lowest BCUT2D eigenvalue weighted by atomic mass is 10.1. The van der Waals surface area contributed by atoms with Crippen LogP contribution in [0.3, 0.4) is 0 Å². The van der Waals surface area contributed by atoms with Crippen molar-refractivity contribution in [1.82, 2.24) is 4.98 Å². The molecule has 0 spiro atoms. The lowest BCUT2D eigenvalue weighted by molar-refractivity contribution is -0.138. The van der Waals surface area contributed by atoms with E-state index in [4.69, 9.17) is 5.11 Å². The van der Waals surface area contributed by atoms with Crippen molar-refractivity contribution in [3.8, 4) is 0 Å². The van der Waals surface area contributed by atoms with Gasteiger partial charge in [-0.25, -0.2) is 4.98 Å². The van der Waals surface area contributed by atoms with Gasteiger partial charge in [0.25, 0.3) is 5.91 Å². The number of nitrogens with zero attached hydrogens (tertiary/aromatic N) is 1. The Hall–Kier alpha value is -2.21. The first-order valence-corrected chi connectivity index (χ1v) is 7.46. The Balaban J connectivity index is 1.77. The minimum absolute atomic E-state index is 0.228. The number of thiazole rings is 1. The Morgan fingerprint density at radius 2 is 2.05 bits per heavy atom. The fourth-order valence-electron chi connectivity index (χ4n) is 2.40. The van der Waals surface area contributed by atoms with E-state index in [2.05, 4.69) is 10.3 Å². The maximum atomic E-state index is 12.1. The molecule has 5 nitrogen and oxygen atoms in total. The van der Waals surface area contributed by atoms with Crippen molar-refractivity contribution in [3.63, 3.8) is 0 Å². The largest absolute Gasteiger partial charge is 0.481 e. The van der Waals surface area contributed by atoms with Crippen LogP contribution >= 0.6 is 11.3 Å². The molecule has 1 aliphatic rings. The third-order valence-electron chi connectivity index (χ3n) is 3.55. The van der Waals surface area contributed by atoms with Crippen LogP contribution in [-0.4, -0.2) is 22.0 Å². The number of nitrogens with one attached hydrogen (secondary N) is 1. The number of carboxylic acids is 1. The van der Waals surface area contributed by atoms with E-state index < -0.39 is 11.9 Å². The molecule has 21 heavy (non-hydrogen) atoms. The molecule has 0 bridgehead atoms. The molecule has 1 aliphatic carbocycles. The lowest BCUT2D eigenvalue weighted by Crippen LogP contribution is -2.13. The van der Waals surface area contributed by atoms with Crippen LogP contribution in [0.1, 0.15) is 38.8 Å². The number of benzene rings is 1. The third-order valence-corrected chi connectivity index (χ3v) is 4.60. The molecule has 2 aromatic rings. The standard InChI is InChI=1S/C15H14N2O3S/c1-8-2-4-9(5-3-8)13(18)17-15-16-12-10(14(19)20)6-7-11(12)21-15/h2-5,10H,6-7H2,1H3,(H,19,20)(H,16,17,18). The molecule has 1 unspecified atom stereocenters. The summed E-state index contributed by atoms with van der Waals surface area (Å²) in [4.78, 5) is 28.5.